The van der Waals surface area contributed by atoms with Gasteiger partial charge in [-0.2, -0.15) is 0 Å². The lowest BCUT2D eigenvalue weighted by molar-refractivity contribution is -0.123. The summed E-state index contributed by atoms with van der Waals surface area (Å²) in [7, 11) is 0. The molecule has 0 aromatic carbocycles. The number of carbonyl (C=O) groups excluding carboxylic acids is 1. The average molecular weight is 672 g/mol. The van der Waals surface area contributed by atoms with E-state index in [1.165, 1.54) is 148 Å². The van der Waals surface area contributed by atoms with Gasteiger partial charge in [-0.05, 0) is 51.4 Å². The Kier molecular flexibility index (Phi) is 38.4. The highest BCUT2D eigenvalue weighted by atomic mass is 16.3. The molecule has 0 heterocycles. The molecule has 4 heteroatoms. The summed E-state index contributed by atoms with van der Waals surface area (Å²) in [6, 6.07) is -0.616. The Balaban J connectivity index is 3.35. The van der Waals surface area contributed by atoms with Crippen LogP contribution < -0.4 is 5.32 Å². The minimum atomic E-state index is -0.834. The summed E-state index contributed by atoms with van der Waals surface area (Å²) in [6.45, 7) is 4.10. The fourth-order valence-electron chi connectivity index (χ4n) is 6.07. The van der Waals surface area contributed by atoms with Crippen LogP contribution in [0.2, 0.25) is 0 Å². The van der Waals surface area contributed by atoms with Crippen molar-refractivity contribution in [3.63, 3.8) is 0 Å². The molecule has 2 unspecified atom stereocenters. The van der Waals surface area contributed by atoms with Gasteiger partial charge in [0.25, 0.3) is 0 Å². The Morgan fingerprint density at radius 3 is 1.31 bits per heavy atom. The topological polar surface area (TPSA) is 69.6 Å². The number of carbonyl (C=O) groups is 1. The second kappa shape index (κ2) is 39.8. The maximum Gasteiger partial charge on any atom is 0.220 e. The summed E-state index contributed by atoms with van der Waals surface area (Å²) in [5.74, 6) is -0.0763. The highest BCUT2D eigenvalue weighted by Crippen LogP contribution is 2.15. The van der Waals surface area contributed by atoms with Gasteiger partial charge in [0.2, 0.25) is 5.91 Å². The molecule has 4 nitrogen and oxygen atoms in total. The van der Waals surface area contributed by atoms with Crippen LogP contribution in [0.4, 0.5) is 0 Å². The Morgan fingerprint density at radius 1 is 0.500 bits per heavy atom. The van der Waals surface area contributed by atoms with Crippen molar-refractivity contribution in [2.75, 3.05) is 6.61 Å². The molecule has 280 valence electrons. The molecule has 2 atom stereocenters. The molecule has 0 rings (SSSR count). The van der Waals surface area contributed by atoms with Crippen LogP contribution in [-0.2, 0) is 4.79 Å². The van der Waals surface area contributed by atoms with E-state index in [1.54, 1.807) is 6.08 Å². The lowest BCUT2D eigenvalue weighted by Crippen LogP contribution is -2.45. The average Bonchev–Trinajstić information content (AvgIpc) is 3.09. The quantitative estimate of drug-likeness (QED) is 0.0455. The molecule has 0 spiro atoms. The van der Waals surface area contributed by atoms with Crippen molar-refractivity contribution >= 4 is 5.91 Å². The van der Waals surface area contributed by atoms with E-state index in [9.17, 15) is 15.0 Å². The van der Waals surface area contributed by atoms with Gasteiger partial charge in [0.1, 0.15) is 0 Å². The zero-order chi connectivity index (χ0) is 35.0. The summed E-state index contributed by atoms with van der Waals surface area (Å²) < 4.78 is 0. The molecule has 0 aliphatic rings. The predicted molar refractivity (Wildman–Crippen MR) is 211 cm³/mol. The van der Waals surface area contributed by atoms with Gasteiger partial charge in [0, 0.05) is 6.42 Å². The van der Waals surface area contributed by atoms with E-state index in [1.807, 2.05) is 6.08 Å². The number of unbranched alkanes of at least 4 members (excludes halogenated alkanes) is 24. The number of hydrogen-bond acceptors (Lipinski definition) is 3. The van der Waals surface area contributed by atoms with E-state index >= 15 is 0 Å². The third-order valence-electron chi connectivity index (χ3n) is 9.29. The largest absolute Gasteiger partial charge is 0.394 e. The summed E-state index contributed by atoms with van der Waals surface area (Å²) in [5.41, 5.74) is 0. The smallest absolute Gasteiger partial charge is 0.220 e. The Labute approximate surface area is 299 Å². The minimum Gasteiger partial charge on any atom is -0.394 e. The van der Waals surface area contributed by atoms with Gasteiger partial charge in [-0.15, -0.1) is 0 Å². The summed E-state index contributed by atoms with van der Waals surface area (Å²) >= 11 is 0. The number of aliphatic hydroxyl groups is 2. The van der Waals surface area contributed by atoms with Gasteiger partial charge in [-0.1, -0.05) is 197 Å². The fourth-order valence-corrected chi connectivity index (χ4v) is 6.07. The third kappa shape index (κ3) is 35.7. The fraction of sp³-hybridized carbons (Fsp3) is 0.795. The van der Waals surface area contributed by atoms with Crippen LogP contribution in [0.1, 0.15) is 206 Å². The molecule has 0 aromatic heterocycles. The number of rotatable bonds is 37. The predicted octanol–water partition coefficient (Wildman–Crippen LogP) is 12.8. The SMILES string of the molecule is CCC/C=C/C(O)C(CO)NC(=O)CCCCCCCCCCCCCCCCCCCC/C=C\C/C=C\C/C=C\CCCCCCC. The van der Waals surface area contributed by atoms with Crippen LogP contribution in [0.3, 0.4) is 0 Å². The number of allylic oxidation sites excluding steroid dienone is 7. The summed E-state index contributed by atoms with van der Waals surface area (Å²) in [6.07, 6.45) is 54.4. The first-order valence-corrected chi connectivity index (χ1v) is 20.9. The van der Waals surface area contributed by atoms with Crippen LogP contribution in [0.25, 0.3) is 0 Å². The highest BCUT2D eigenvalue weighted by molar-refractivity contribution is 5.76. The first-order valence-electron chi connectivity index (χ1n) is 20.9. The Morgan fingerprint density at radius 2 is 0.896 bits per heavy atom. The summed E-state index contributed by atoms with van der Waals surface area (Å²) in [5, 5.41) is 22.4. The second-order valence-corrected chi connectivity index (χ2v) is 14.1. The van der Waals surface area contributed by atoms with Crippen molar-refractivity contribution in [1.82, 2.24) is 5.32 Å². The van der Waals surface area contributed by atoms with Crippen molar-refractivity contribution in [3.8, 4) is 0 Å². The number of hydrogen-bond donors (Lipinski definition) is 3. The van der Waals surface area contributed by atoms with Gasteiger partial charge in [0.05, 0.1) is 18.8 Å². The van der Waals surface area contributed by atoms with Crippen molar-refractivity contribution < 1.29 is 15.0 Å². The molecule has 0 radical (unpaired) electrons. The van der Waals surface area contributed by atoms with Gasteiger partial charge in [-0.3, -0.25) is 4.79 Å². The van der Waals surface area contributed by atoms with E-state index in [0.717, 1.165) is 38.5 Å². The van der Waals surface area contributed by atoms with Gasteiger partial charge in [0.15, 0.2) is 0 Å². The number of nitrogens with one attached hydrogen (secondary N) is 1. The molecule has 0 fully saturated rings. The van der Waals surface area contributed by atoms with Gasteiger partial charge in [-0.25, -0.2) is 0 Å². The van der Waals surface area contributed by atoms with Gasteiger partial charge >= 0.3 is 0 Å². The lowest BCUT2D eigenvalue weighted by atomic mass is 10.0. The van der Waals surface area contributed by atoms with Crippen LogP contribution in [0, 0.1) is 0 Å². The van der Waals surface area contributed by atoms with Crippen molar-refractivity contribution in [3.05, 3.63) is 48.6 Å². The molecular formula is C44H81NO3. The van der Waals surface area contributed by atoms with E-state index in [4.69, 9.17) is 0 Å². The molecule has 0 bridgehead atoms. The molecule has 0 saturated carbocycles. The zero-order valence-corrected chi connectivity index (χ0v) is 32.0. The highest BCUT2D eigenvalue weighted by Gasteiger charge is 2.17. The van der Waals surface area contributed by atoms with E-state index in [0.29, 0.717) is 6.42 Å². The maximum absolute atomic E-state index is 12.2. The Bertz CT molecular complexity index is 771. The van der Waals surface area contributed by atoms with Crippen LogP contribution in [0.15, 0.2) is 48.6 Å². The third-order valence-corrected chi connectivity index (χ3v) is 9.29. The monoisotopic (exact) mass is 672 g/mol. The van der Waals surface area contributed by atoms with E-state index < -0.39 is 12.1 Å². The normalized spacial score (nSPS) is 13.5. The minimum absolute atomic E-state index is 0.0763. The molecule has 0 aliphatic carbocycles. The van der Waals surface area contributed by atoms with E-state index in [-0.39, 0.29) is 12.5 Å². The first-order chi connectivity index (χ1) is 23.7. The lowest BCUT2D eigenvalue weighted by Gasteiger charge is -2.19. The van der Waals surface area contributed by atoms with Crippen LogP contribution >= 0.6 is 0 Å². The number of amides is 1. The molecule has 1 amide bonds. The standard InChI is InChI=1S/C44H81NO3/c1-3-5-7-8-9-10-11-12-13-14-15-16-17-18-19-20-21-22-23-24-25-26-27-28-29-30-31-32-33-34-35-36-38-40-44(48)45-42(41-46)43(47)39-37-6-4-2/h11-12,14-15,17-18,37,39,42-43,46-47H,3-10,13,16,19-36,38,40-41H2,1-2H3,(H,45,48)/b12-11-,15-14-,18-17-,39-37+. The van der Waals surface area contributed by atoms with Crippen molar-refractivity contribution in [1.29, 1.82) is 0 Å². The number of aliphatic hydroxyl groups excluding tert-OH is 2. The zero-order valence-electron chi connectivity index (χ0n) is 32.0. The molecule has 0 saturated heterocycles. The second-order valence-electron chi connectivity index (χ2n) is 14.1. The Hall–Kier alpha value is -1.65. The molecule has 0 aliphatic heterocycles. The van der Waals surface area contributed by atoms with E-state index in [2.05, 4.69) is 55.6 Å². The molecule has 48 heavy (non-hydrogen) atoms. The molecule has 3 N–H and O–H groups in total. The molecule has 0 aromatic rings. The van der Waals surface area contributed by atoms with Gasteiger partial charge < -0.3 is 15.5 Å². The van der Waals surface area contributed by atoms with Crippen LogP contribution in [0.5, 0.6) is 0 Å². The molecular weight excluding hydrogens is 590 g/mol. The van der Waals surface area contributed by atoms with Crippen LogP contribution in [-0.4, -0.2) is 34.9 Å². The first kappa shape index (κ1) is 46.4. The van der Waals surface area contributed by atoms with Crippen molar-refractivity contribution in [2.45, 2.75) is 219 Å². The van der Waals surface area contributed by atoms with Crippen molar-refractivity contribution in [2.24, 2.45) is 0 Å². The summed E-state index contributed by atoms with van der Waals surface area (Å²) in [4.78, 5) is 12.2. The maximum atomic E-state index is 12.2.